The lowest BCUT2D eigenvalue weighted by atomic mass is 9.63. The number of carboxylic acids is 1. The standard InChI is InChI=1S/C19H20F3NO3/c20-19(21,22)16(24)15-14(11-18(15)8-4-5-9-18)23-13(17(25)26)10-12-6-2-1-3-7-12/h1-3,6-7,13,23H,4-5,8-11H2,(H,25,26). The van der Waals surface area contributed by atoms with Crippen LogP contribution >= 0.6 is 0 Å². The second-order valence-corrected chi connectivity index (χ2v) is 7.07. The van der Waals surface area contributed by atoms with Crippen LogP contribution in [-0.4, -0.2) is 29.1 Å². The van der Waals surface area contributed by atoms with Crippen LogP contribution in [0.4, 0.5) is 13.2 Å². The van der Waals surface area contributed by atoms with E-state index in [1.807, 2.05) is 0 Å². The van der Waals surface area contributed by atoms with Gasteiger partial charge in [-0.1, -0.05) is 43.2 Å². The molecule has 1 spiro atoms. The van der Waals surface area contributed by atoms with Crippen LogP contribution in [-0.2, 0) is 16.0 Å². The number of nitrogens with one attached hydrogen (secondary N) is 1. The third-order valence-corrected chi connectivity index (χ3v) is 5.32. The van der Waals surface area contributed by atoms with Gasteiger partial charge >= 0.3 is 12.1 Å². The topological polar surface area (TPSA) is 66.4 Å². The first-order chi connectivity index (χ1) is 12.2. The van der Waals surface area contributed by atoms with Crippen molar-refractivity contribution in [2.45, 2.75) is 50.7 Å². The Bertz CT molecular complexity index is 734. The molecule has 26 heavy (non-hydrogen) atoms. The molecule has 0 bridgehead atoms. The molecule has 1 saturated carbocycles. The Balaban J connectivity index is 1.86. The smallest absolute Gasteiger partial charge is 0.454 e. The van der Waals surface area contributed by atoms with Crippen LogP contribution in [0, 0.1) is 5.41 Å². The summed E-state index contributed by atoms with van der Waals surface area (Å²) in [6.07, 6.45) is -1.85. The van der Waals surface area contributed by atoms with Gasteiger partial charge in [-0.05, 0) is 24.8 Å². The number of Topliss-reactive ketones (excluding diaryl/α,β-unsaturated/α-hetero) is 1. The van der Waals surface area contributed by atoms with Gasteiger partial charge in [-0.3, -0.25) is 4.79 Å². The molecule has 3 rings (SSSR count). The fourth-order valence-corrected chi connectivity index (χ4v) is 4.11. The summed E-state index contributed by atoms with van der Waals surface area (Å²) in [4.78, 5) is 23.5. The number of aliphatic carboxylic acids is 1. The molecule has 2 aliphatic carbocycles. The van der Waals surface area contributed by atoms with Crippen molar-refractivity contribution in [3.05, 3.63) is 47.2 Å². The Kier molecular flexibility index (Phi) is 4.82. The molecule has 0 saturated heterocycles. The van der Waals surface area contributed by atoms with E-state index in [0.717, 1.165) is 18.4 Å². The molecule has 0 aliphatic heterocycles. The summed E-state index contributed by atoms with van der Waals surface area (Å²) >= 11 is 0. The Hall–Kier alpha value is -2.31. The minimum absolute atomic E-state index is 0.125. The fourth-order valence-electron chi connectivity index (χ4n) is 4.11. The molecule has 2 N–H and O–H groups in total. The van der Waals surface area contributed by atoms with Crippen molar-refractivity contribution in [3.8, 4) is 0 Å². The van der Waals surface area contributed by atoms with E-state index in [-0.39, 0.29) is 17.7 Å². The van der Waals surface area contributed by atoms with E-state index in [1.54, 1.807) is 30.3 Å². The largest absolute Gasteiger partial charge is 0.480 e. The van der Waals surface area contributed by atoms with Gasteiger partial charge in [0.2, 0.25) is 0 Å². The highest BCUT2D eigenvalue weighted by Gasteiger charge is 2.56. The summed E-state index contributed by atoms with van der Waals surface area (Å²) in [6, 6.07) is 7.76. The van der Waals surface area contributed by atoms with Gasteiger partial charge in [-0.15, -0.1) is 0 Å². The average Bonchev–Trinajstić information content (AvgIpc) is 3.04. The highest BCUT2D eigenvalue weighted by molar-refractivity contribution is 6.03. The van der Waals surface area contributed by atoms with Crippen LogP contribution in [0.15, 0.2) is 41.6 Å². The van der Waals surface area contributed by atoms with Gasteiger partial charge in [0.05, 0.1) is 0 Å². The minimum atomic E-state index is -4.95. The molecule has 7 heteroatoms. The van der Waals surface area contributed by atoms with Gasteiger partial charge in [0, 0.05) is 23.1 Å². The zero-order valence-corrected chi connectivity index (χ0v) is 14.1. The molecule has 0 aromatic heterocycles. The molecule has 1 fully saturated rings. The number of alkyl halides is 3. The van der Waals surface area contributed by atoms with Crippen molar-refractivity contribution in [1.29, 1.82) is 0 Å². The van der Waals surface area contributed by atoms with E-state index in [0.29, 0.717) is 19.3 Å². The van der Waals surface area contributed by atoms with E-state index in [1.165, 1.54) is 0 Å². The predicted molar refractivity (Wildman–Crippen MR) is 88.3 cm³/mol. The van der Waals surface area contributed by atoms with Crippen molar-refractivity contribution < 1.29 is 27.9 Å². The summed E-state index contributed by atoms with van der Waals surface area (Å²) in [5.74, 6) is -3.00. The van der Waals surface area contributed by atoms with E-state index >= 15 is 0 Å². The van der Waals surface area contributed by atoms with E-state index in [2.05, 4.69) is 5.32 Å². The highest BCUT2D eigenvalue weighted by Crippen LogP contribution is 2.57. The summed E-state index contributed by atoms with van der Waals surface area (Å²) in [5, 5.41) is 12.2. The third-order valence-electron chi connectivity index (χ3n) is 5.32. The fraction of sp³-hybridized carbons (Fsp3) is 0.474. The normalized spacial score (nSPS) is 20.0. The van der Waals surface area contributed by atoms with Gasteiger partial charge in [0.15, 0.2) is 0 Å². The Labute approximate surface area is 149 Å². The second kappa shape index (κ2) is 6.78. The summed E-state index contributed by atoms with van der Waals surface area (Å²) in [6.45, 7) is 0. The number of allylic oxidation sites excluding steroid dienone is 2. The first-order valence-electron chi connectivity index (χ1n) is 8.61. The van der Waals surface area contributed by atoms with Gasteiger partial charge in [0.1, 0.15) is 6.04 Å². The number of benzene rings is 1. The second-order valence-electron chi connectivity index (χ2n) is 7.07. The quantitative estimate of drug-likeness (QED) is 0.806. The van der Waals surface area contributed by atoms with Crippen LogP contribution in [0.25, 0.3) is 0 Å². The van der Waals surface area contributed by atoms with Crippen LogP contribution in [0.5, 0.6) is 0 Å². The molecule has 1 atom stereocenters. The number of ketones is 1. The first kappa shape index (κ1) is 18.5. The predicted octanol–water partition coefficient (Wildman–Crippen LogP) is 3.62. The van der Waals surface area contributed by atoms with Gasteiger partial charge in [-0.2, -0.15) is 13.2 Å². The maximum absolute atomic E-state index is 13.0. The maximum atomic E-state index is 13.0. The molecule has 1 aromatic carbocycles. The first-order valence-corrected chi connectivity index (χ1v) is 8.61. The SMILES string of the molecule is O=C(O)C(Cc1ccccc1)NC1=C(C(=O)C(F)(F)F)C2(CCCC2)C1. The number of carbonyl (C=O) groups is 2. The van der Waals surface area contributed by atoms with Crippen LogP contribution in [0.2, 0.25) is 0 Å². The molecular formula is C19H20F3NO3. The number of carbonyl (C=O) groups excluding carboxylic acids is 1. The molecule has 0 amide bonds. The van der Waals surface area contributed by atoms with E-state index in [9.17, 15) is 27.9 Å². The molecular weight excluding hydrogens is 347 g/mol. The van der Waals surface area contributed by atoms with Crippen LogP contribution < -0.4 is 5.32 Å². The molecule has 1 aromatic rings. The lowest BCUT2D eigenvalue weighted by Gasteiger charge is -2.44. The lowest BCUT2D eigenvalue weighted by molar-refractivity contribution is -0.168. The third kappa shape index (κ3) is 3.48. The van der Waals surface area contributed by atoms with Gasteiger partial charge in [0.25, 0.3) is 5.78 Å². The monoisotopic (exact) mass is 367 g/mol. The highest BCUT2D eigenvalue weighted by atomic mass is 19.4. The molecule has 1 unspecified atom stereocenters. The van der Waals surface area contributed by atoms with Gasteiger partial charge in [-0.25, -0.2) is 4.79 Å². The van der Waals surface area contributed by atoms with Crippen molar-refractivity contribution in [2.24, 2.45) is 5.41 Å². The number of rotatable bonds is 6. The molecule has 0 heterocycles. The number of hydrogen-bond acceptors (Lipinski definition) is 3. The Morgan fingerprint density at radius 2 is 1.77 bits per heavy atom. The summed E-state index contributed by atoms with van der Waals surface area (Å²) < 4.78 is 39.1. The average molecular weight is 367 g/mol. The Morgan fingerprint density at radius 3 is 2.31 bits per heavy atom. The number of halogens is 3. The Morgan fingerprint density at radius 1 is 1.15 bits per heavy atom. The van der Waals surface area contributed by atoms with Crippen LogP contribution in [0.3, 0.4) is 0 Å². The minimum Gasteiger partial charge on any atom is -0.480 e. The summed E-state index contributed by atoms with van der Waals surface area (Å²) in [5.41, 5.74) is -0.0870. The van der Waals surface area contributed by atoms with Crippen molar-refractivity contribution in [1.82, 2.24) is 5.32 Å². The van der Waals surface area contributed by atoms with Crippen molar-refractivity contribution >= 4 is 11.8 Å². The molecule has 140 valence electrons. The number of hydrogen-bond donors (Lipinski definition) is 2. The zero-order valence-electron chi connectivity index (χ0n) is 14.1. The number of carboxylic acid groups (broad SMARTS) is 1. The molecule has 4 nitrogen and oxygen atoms in total. The van der Waals surface area contributed by atoms with Crippen LogP contribution in [0.1, 0.15) is 37.7 Å². The maximum Gasteiger partial charge on any atom is 0.454 e. The van der Waals surface area contributed by atoms with E-state index < -0.39 is 29.4 Å². The molecule has 0 radical (unpaired) electrons. The summed E-state index contributed by atoms with van der Waals surface area (Å²) in [7, 11) is 0. The van der Waals surface area contributed by atoms with Gasteiger partial charge < -0.3 is 10.4 Å². The van der Waals surface area contributed by atoms with Crippen molar-refractivity contribution in [3.63, 3.8) is 0 Å². The van der Waals surface area contributed by atoms with E-state index in [4.69, 9.17) is 0 Å². The lowest BCUT2D eigenvalue weighted by Crippen LogP contribution is -2.48. The zero-order chi connectivity index (χ0) is 18.9. The molecule has 2 aliphatic rings. The van der Waals surface area contributed by atoms with Crippen molar-refractivity contribution in [2.75, 3.05) is 0 Å².